The summed E-state index contributed by atoms with van der Waals surface area (Å²) in [7, 11) is 1.65. The van der Waals surface area contributed by atoms with E-state index in [-0.39, 0.29) is 12.5 Å². The lowest BCUT2D eigenvalue weighted by Crippen LogP contribution is -2.38. The molecule has 0 bridgehead atoms. The Bertz CT molecular complexity index is 746. The van der Waals surface area contributed by atoms with E-state index in [4.69, 9.17) is 4.74 Å². The molecule has 2 N–H and O–H groups in total. The quantitative estimate of drug-likeness (QED) is 0.548. The van der Waals surface area contributed by atoms with Crippen LogP contribution >= 0.6 is 0 Å². The molecule has 1 aliphatic rings. The van der Waals surface area contributed by atoms with Gasteiger partial charge in [0.2, 0.25) is 5.91 Å². The van der Waals surface area contributed by atoms with Crippen LogP contribution in [0, 0.1) is 11.8 Å². The molecule has 166 valence electrons. The number of nitrogens with zero attached hydrogens (tertiary/aromatic N) is 1. The number of carbonyl (C=O) groups is 2. The van der Waals surface area contributed by atoms with Crippen LogP contribution in [0.25, 0.3) is 0 Å². The van der Waals surface area contributed by atoms with E-state index in [1.165, 1.54) is 0 Å². The Morgan fingerprint density at radius 3 is 2.30 bits per heavy atom. The Labute approximate surface area is 181 Å². The largest absolute Gasteiger partial charge is 0.445 e. The van der Waals surface area contributed by atoms with Gasteiger partial charge in [0, 0.05) is 38.8 Å². The number of nitrogens with one attached hydrogen (secondary N) is 2. The minimum atomic E-state index is -0.393. The smallest absolute Gasteiger partial charge is 0.407 e. The van der Waals surface area contributed by atoms with Gasteiger partial charge in [-0.15, -0.1) is 0 Å². The molecule has 0 aliphatic heterocycles. The summed E-state index contributed by atoms with van der Waals surface area (Å²) in [4.78, 5) is 26.2. The standard InChI is InChI=1S/C24H37N3O3/c1-17(2)14-27(15-18(3)4)11-10-26-24(29)30-16-20-9-7-6-8-19(20)12-21-13-22(21)23(28)25-5/h6-9,17-18H,10-16H2,1-5H3,(H,25,28)(H,26,29). The van der Waals surface area contributed by atoms with Gasteiger partial charge in [-0.25, -0.2) is 4.79 Å². The van der Waals surface area contributed by atoms with Crippen molar-refractivity contribution in [3.05, 3.63) is 46.5 Å². The molecule has 2 amide bonds. The summed E-state index contributed by atoms with van der Waals surface area (Å²) in [5.41, 5.74) is 4.10. The van der Waals surface area contributed by atoms with Crippen molar-refractivity contribution in [2.24, 2.45) is 11.8 Å². The number of ether oxygens (including phenoxy) is 1. The molecule has 1 aromatic carbocycles. The first-order valence-electron chi connectivity index (χ1n) is 10.9. The number of allylic oxidation sites excluding steroid dienone is 1. The number of amides is 2. The molecular formula is C24H37N3O3. The van der Waals surface area contributed by atoms with Crippen LogP contribution in [0.1, 0.15) is 45.2 Å². The second-order valence-electron chi connectivity index (χ2n) is 8.83. The first kappa shape index (κ1) is 23.9. The zero-order chi connectivity index (χ0) is 22.1. The average Bonchev–Trinajstić information content (AvgIpc) is 3.45. The van der Waals surface area contributed by atoms with Gasteiger partial charge in [-0.05, 0) is 35.8 Å². The number of alkyl carbamates (subject to hydrolysis) is 1. The SMILES string of the molecule is CNC(=O)C1=C(Cc2ccccc2COC(=O)NCCN(CC(C)C)CC(C)C)C1. The highest BCUT2D eigenvalue weighted by Gasteiger charge is 2.27. The fourth-order valence-electron chi connectivity index (χ4n) is 3.63. The first-order valence-corrected chi connectivity index (χ1v) is 10.9. The van der Waals surface area contributed by atoms with E-state index in [1.54, 1.807) is 7.05 Å². The molecule has 0 spiro atoms. The maximum Gasteiger partial charge on any atom is 0.407 e. The summed E-state index contributed by atoms with van der Waals surface area (Å²) in [6, 6.07) is 7.91. The molecule has 30 heavy (non-hydrogen) atoms. The van der Waals surface area contributed by atoms with E-state index in [9.17, 15) is 9.59 Å². The number of benzene rings is 1. The van der Waals surface area contributed by atoms with E-state index in [1.807, 2.05) is 24.3 Å². The van der Waals surface area contributed by atoms with Gasteiger partial charge in [-0.3, -0.25) is 4.79 Å². The summed E-state index contributed by atoms with van der Waals surface area (Å²) in [5.74, 6) is 1.19. The van der Waals surface area contributed by atoms with Gasteiger partial charge in [0.15, 0.2) is 0 Å². The van der Waals surface area contributed by atoms with E-state index in [2.05, 4.69) is 43.2 Å². The average molecular weight is 416 g/mol. The Morgan fingerprint density at radius 1 is 1.07 bits per heavy atom. The molecule has 2 rings (SSSR count). The summed E-state index contributed by atoms with van der Waals surface area (Å²) in [6.07, 6.45) is 1.09. The molecule has 1 aliphatic carbocycles. The summed E-state index contributed by atoms with van der Waals surface area (Å²) in [6.45, 7) is 12.5. The lowest BCUT2D eigenvalue weighted by molar-refractivity contribution is -0.116. The van der Waals surface area contributed by atoms with E-state index < -0.39 is 6.09 Å². The molecule has 0 radical (unpaired) electrons. The third kappa shape index (κ3) is 8.19. The van der Waals surface area contributed by atoms with Crippen LogP contribution in [0.3, 0.4) is 0 Å². The maximum absolute atomic E-state index is 12.2. The number of likely N-dealkylation sites (N-methyl/N-ethyl adjacent to an activating group) is 1. The lowest BCUT2D eigenvalue weighted by Gasteiger charge is -2.26. The fourth-order valence-corrected chi connectivity index (χ4v) is 3.63. The Balaban J connectivity index is 1.80. The summed E-state index contributed by atoms with van der Waals surface area (Å²) >= 11 is 0. The summed E-state index contributed by atoms with van der Waals surface area (Å²) < 4.78 is 5.45. The van der Waals surface area contributed by atoms with Crippen molar-refractivity contribution in [2.75, 3.05) is 33.2 Å². The predicted octanol–water partition coefficient (Wildman–Crippen LogP) is 3.52. The van der Waals surface area contributed by atoms with Crippen LogP contribution in [0.15, 0.2) is 35.4 Å². The van der Waals surface area contributed by atoms with Crippen LogP contribution in [0.5, 0.6) is 0 Å². The zero-order valence-electron chi connectivity index (χ0n) is 19.1. The third-order valence-corrected chi connectivity index (χ3v) is 5.02. The van der Waals surface area contributed by atoms with Crippen molar-refractivity contribution < 1.29 is 14.3 Å². The second-order valence-corrected chi connectivity index (χ2v) is 8.83. The van der Waals surface area contributed by atoms with Crippen LogP contribution in [-0.2, 0) is 22.6 Å². The molecule has 0 saturated heterocycles. The van der Waals surface area contributed by atoms with Gasteiger partial charge in [0.05, 0.1) is 0 Å². The highest BCUT2D eigenvalue weighted by Crippen LogP contribution is 2.34. The molecule has 0 heterocycles. The van der Waals surface area contributed by atoms with Crippen molar-refractivity contribution in [1.82, 2.24) is 15.5 Å². The second kappa shape index (κ2) is 11.7. The molecule has 0 unspecified atom stereocenters. The predicted molar refractivity (Wildman–Crippen MR) is 120 cm³/mol. The lowest BCUT2D eigenvalue weighted by atomic mass is 10.0. The monoisotopic (exact) mass is 415 g/mol. The van der Waals surface area contributed by atoms with Crippen LogP contribution in [0.2, 0.25) is 0 Å². The Hall–Kier alpha value is -2.34. The van der Waals surface area contributed by atoms with Crippen LogP contribution < -0.4 is 10.6 Å². The highest BCUT2D eigenvalue weighted by atomic mass is 16.5. The minimum absolute atomic E-state index is 0.00193. The van der Waals surface area contributed by atoms with Gasteiger partial charge in [-0.2, -0.15) is 0 Å². The normalized spacial score (nSPS) is 13.2. The van der Waals surface area contributed by atoms with Crippen LogP contribution in [0.4, 0.5) is 4.79 Å². The van der Waals surface area contributed by atoms with Crippen molar-refractivity contribution in [1.29, 1.82) is 0 Å². The molecule has 6 nitrogen and oxygen atoms in total. The Morgan fingerprint density at radius 2 is 1.70 bits per heavy atom. The Kier molecular flexibility index (Phi) is 9.37. The molecule has 0 aromatic heterocycles. The van der Waals surface area contributed by atoms with E-state index >= 15 is 0 Å². The van der Waals surface area contributed by atoms with Crippen LogP contribution in [-0.4, -0.2) is 50.1 Å². The van der Waals surface area contributed by atoms with Gasteiger partial charge < -0.3 is 20.3 Å². The van der Waals surface area contributed by atoms with Gasteiger partial charge in [-0.1, -0.05) is 57.5 Å². The third-order valence-electron chi connectivity index (χ3n) is 5.02. The molecule has 0 atom stereocenters. The molecule has 1 aromatic rings. The van der Waals surface area contributed by atoms with Gasteiger partial charge in [0.25, 0.3) is 0 Å². The van der Waals surface area contributed by atoms with E-state index in [0.717, 1.165) is 54.7 Å². The maximum atomic E-state index is 12.2. The summed E-state index contributed by atoms with van der Waals surface area (Å²) in [5, 5.41) is 5.53. The molecule has 0 fully saturated rings. The number of hydrogen-bond donors (Lipinski definition) is 2. The van der Waals surface area contributed by atoms with Gasteiger partial charge >= 0.3 is 6.09 Å². The van der Waals surface area contributed by atoms with E-state index in [0.29, 0.717) is 18.4 Å². The molecule has 6 heteroatoms. The first-order chi connectivity index (χ1) is 14.3. The number of rotatable bonds is 12. The zero-order valence-corrected chi connectivity index (χ0v) is 19.1. The molecule has 0 saturated carbocycles. The molecular weight excluding hydrogens is 378 g/mol. The van der Waals surface area contributed by atoms with Crippen molar-refractivity contribution in [3.63, 3.8) is 0 Å². The highest BCUT2D eigenvalue weighted by molar-refractivity contribution is 5.99. The van der Waals surface area contributed by atoms with Crippen molar-refractivity contribution in [3.8, 4) is 0 Å². The van der Waals surface area contributed by atoms with Crippen molar-refractivity contribution >= 4 is 12.0 Å². The topological polar surface area (TPSA) is 70.7 Å². The van der Waals surface area contributed by atoms with Crippen molar-refractivity contribution in [2.45, 2.75) is 47.1 Å². The number of hydrogen-bond acceptors (Lipinski definition) is 4. The minimum Gasteiger partial charge on any atom is -0.445 e. The number of carbonyl (C=O) groups excluding carboxylic acids is 2. The fraction of sp³-hybridized carbons (Fsp3) is 0.583. The van der Waals surface area contributed by atoms with Gasteiger partial charge in [0.1, 0.15) is 6.61 Å².